The number of unbranched alkanes of at least 4 members (excludes halogenated alkanes) is 18. The molecular formula is C28H57Br. The average Bonchev–Trinajstić information content (AvgIpc) is 2.73. The molecule has 0 bridgehead atoms. The lowest BCUT2D eigenvalue weighted by Crippen LogP contribution is -2.01. The van der Waals surface area contributed by atoms with Crippen molar-refractivity contribution in [2.24, 2.45) is 5.92 Å². The van der Waals surface area contributed by atoms with Gasteiger partial charge in [0, 0.05) is 5.33 Å². The topological polar surface area (TPSA) is 0 Å². The molecule has 0 saturated heterocycles. The molecule has 0 fully saturated rings. The van der Waals surface area contributed by atoms with Gasteiger partial charge in [-0.25, -0.2) is 0 Å². The Balaban J connectivity index is 3.68. The van der Waals surface area contributed by atoms with Gasteiger partial charge in [0.2, 0.25) is 0 Å². The van der Waals surface area contributed by atoms with Crippen molar-refractivity contribution in [2.45, 2.75) is 168 Å². The van der Waals surface area contributed by atoms with Crippen LogP contribution < -0.4 is 0 Å². The molecule has 0 radical (unpaired) electrons. The third-order valence-corrected chi connectivity index (χ3v) is 7.24. The highest BCUT2D eigenvalue weighted by atomic mass is 79.9. The first-order chi connectivity index (χ1) is 14.3. The Bertz CT molecular complexity index is 275. The van der Waals surface area contributed by atoms with Gasteiger partial charge in [-0.2, -0.15) is 0 Å². The summed E-state index contributed by atoms with van der Waals surface area (Å²) in [7, 11) is 0. The molecule has 29 heavy (non-hydrogen) atoms. The molecule has 0 aromatic rings. The molecule has 0 aliphatic carbocycles. The van der Waals surface area contributed by atoms with E-state index in [0.717, 1.165) is 5.92 Å². The van der Waals surface area contributed by atoms with Crippen molar-refractivity contribution in [1.82, 2.24) is 0 Å². The van der Waals surface area contributed by atoms with Crippen LogP contribution in [0.3, 0.4) is 0 Å². The van der Waals surface area contributed by atoms with Crippen molar-refractivity contribution in [1.29, 1.82) is 0 Å². The van der Waals surface area contributed by atoms with Crippen LogP contribution in [0.1, 0.15) is 168 Å². The third-order valence-electron chi connectivity index (χ3n) is 6.68. The second-order valence-electron chi connectivity index (χ2n) is 9.64. The molecule has 0 spiro atoms. The van der Waals surface area contributed by atoms with Gasteiger partial charge in [0.15, 0.2) is 0 Å². The van der Waals surface area contributed by atoms with E-state index in [0.29, 0.717) is 0 Å². The standard InChI is InChI=1S/C28H57Br/c1-3-5-7-9-11-13-14-16-18-21-25-28(26-22-19-23-27-29)24-20-17-15-12-10-8-6-4-2/h28H,3-27H2,1-2H3. The van der Waals surface area contributed by atoms with Crippen molar-refractivity contribution in [2.75, 3.05) is 5.33 Å². The highest BCUT2D eigenvalue weighted by molar-refractivity contribution is 9.09. The predicted octanol–water partition coefficient (Wildman–Crippen LogP) is 11.4. The number of alkyl halides is 1. The highest BCUT2D eigenvalue weighted by Crippen LogP contribution is 2.24. The summed E-state index contributed by atoms with van der Waals surface area (Å²) in [6.07, 6.45) is 35.2. The highest BCUT2D eigenvalue weighted by Gasteiger charge is 2.08. The Labute approximate surface area is 194 Å². The summed E-state index contributed by atoms with van der Waals surface area (Å²) in [5.74, 6) is 1.03. The summed E-state index contributed by atoms with van der Waals surface area (Å²) < 4.78 is 0. The first-order valence-corrected chi connectivity index (χ1v) is 15.0. The lowest BCUT2D eigenvalue weighted by molar-refractivity contribution is 0.367. The van der Waals surface area contributed by atoms with E-state index in [-0.39, 0.29) is 0 Å². The first kappa shape index (κ1) is 29.5. The predicted molar refractivity (Wildman–Crippen MR) is 139 cm³/mol. The van der Waals surface area contributed by atoms with E-state index in [9.17, 15) is 0 Å². The normalized spacial score (nSPS) is 12.5. The summed E-state index contributed by atoms with van der Waals surface area (Å²) in [5.41, 5.74) is 0. The van der Waals surface area contributed by atoms with Crippen molar-refractivity contribution in [3.63, 3.8) is 0 Å². The minimum absolute atomic E-state index is 1.03. The maximum Gasteiger partial charge on any atom is 0.00313 e. The van der Waals surface area contributed by atoms with Gasteiger partial charge in [0.25, 0.3) is 0 Å². The quantitative estimate of drug-likeness (QED) is 0.0913. The van der Waals surface area contributed by atoms with Gasteiger partial charge in [-0.1, -0.05) is 177 Å². The molecule has 1 atom stereocenters. The molecule has 0 amide bonds. The van der Waals surface area contributed by atoms with E-state index < -0.39 is 0 Å². The van der Waals surface area contributed by atoms with Gasteiger partial charge in [0.05, 0.1) is 0 Å². The first-order valence-electron chi connectivity index (χ1n) is 13.9. The van der Waals surface area contributed by atoms with Gasteiger partial charge in [-0.15, -0.1) is 0 Å². The Hall–Kier alpha value is 0.480. The fourth-order valence-corrected chi connectivity index (χ4v) is 5.02. The van der Waals surface area contributed by atoms with E-state index in [4.69, 9.17) is 0 Å². The fraction of sp³-hybridized carbons (Fsp3) is 1.00. The molecule has 176 valence electrons. The molecule has 0 nitrogen and oxygen atoms in total. The van der Waals surface area contributed by atoms with Crippen molar-refractivity contribution < 1.29 is 0 Å². The number of rotatable bonds is 25. The van der Waals surface area contributed by atoms with E-state index >= 15 is 0 Å². The van der Waals surface area contributed by atoms with Crippen LogP contribution in [-0.2, 0) is 0 Å². The molecule has 1 unspecified atom stereocenters. The minimum atomic E-state index is 1.03. The van der Waals surface area contributed by atoms with E-state index in [2.05, 4.69) is 29.8 Å². The van der Waals surface area contributed by atoms with Gasteiger partial charge in [0.1, 0.15) is 0 Å². The van der Waals surface area contributed by atoms with Crippen LogP contribution in [0.25, 0.3) is 0 Å². The summed E-state index contributed by atoms with van der Waals surface area (Å²) in [6, 6.07) is 0. The van der Waals surface area contributed by atoms with Crippen LogP contribution in [0.5, 0.6) is 0 Å². The Morgan fingerprint density at radius 2 is 0.655 bits per heavy atom. The lowest BCUT2D eigenvalue weighted by Gasteiger charge is -2.17. The molecule has 0 aromatic heterocycles. The summed E-state index contributed by atoms with van der Waals surface area (Å²) >= 11 is 3.59. The van der Waals surface area contributed by atoms with Crippen LogP contribution in [-0.4, -0.2) is 5.33 Å². The molecular weight excluding hydrogens is 416 g/mol. The van der Waals surface area contributed by atoms with Crippen LogP contribution in [0.4, 0.5) is 0 Å². The van der Waals surface area contributed by atoms with Crippen LogP contribution >= 0.6 is 15.9 Å². The van der Waals surface area contributed by atoms with Gasteiger partial charge in [-0.05, 0) is 12.3 Å². The fourth-order valence-electron chi connectivity index (χ4n) is 4.62. The van der Waals surface area contributed by atoms with Crippen LogP contribution in [0, 0.1) is 5.92 Å². The number of hydrogen-bond donors (Lipinski definition) is 0. The molecule has 0 saturated carbocycles. The molecule has 0 aliphatic heterocycles. The van der Waals surface area contributed by atoms with Crippen molar-refractivity contribution >= 4 is 15.9 Å². The third kappa shape index (κ3) is 24.6. The number of halogens is 1. The maximum atomic E-state index is 3.59. The zero-order valence-electron chi connectivity index (χ0n) is 20.6. The van der Waals surface area contributed by atoms with E-state index in [1.54, 1.807) is 0 Å². The number of hydrogen-bond acceptors (Lipinski definition) is 0. The SMILES string of the molecule is CCCCCCCCCCCCC(CCCCCBr)CCCCCCCCCC. The maximum absolute atomic E-state index is 3.59. The summed E-state index contributed by atoms with van der Waals surface area (Å²) in [4.78, 5) is 0. The van der Waals surface area contributed by atoms with Crippen molar-refractivity contribution in [3.8, 4) is 0 Å². The summed E-state index contributed by atoms with van der Waals surface area (Å²) in [5, 5.41) is 1.19. The second-order valence-corrected chi connectivity index (χ2v) is 10.4. The molecule has 0 rings (SSSR count). The van der Waals surface area contributed by atoms with Crippen LogP contribution in [0.2, 0.25) is 0 Å². The zero-order chi connectivity index (χ0) is 21.3. The van der Waals surface area contributed by atoms with Gasteiger partial charge in [-0.3, -0.25) is 0 Å². The van der Waals surface area contributed by atoms with E-state index in [1.165, 1.54) is 159 Å². The largest absolute Gasteiger partial charge is 0.0928 e. The Kier molecular flexibility index (Phi) is 27.0. The Morgan fingerprint density at radius 1 is 0.379 bits per heavy atom. The van der Waals surface area contributed by atoms with E-state index in [1.807, 2.05) is 0 Å². The summed E-state index contributed by atoms with van der Waals surface area (Å²) in [6.45, 7) is 4.62. The van der Waals surface area contributed by atoms with Crippen LogP contribution in [0.15, 0.2) is 0 Å². The minimum Gasteiger partial charge on any atom is -0.0928 e. The molecule has 1 heteroatoms. The van der Waals surface area contributed by atoms with Gasteiger partial charge >= 0.3 is 0 Å². The van der Waals surface area contributed by atoms with Gasteiger partial charge < -0.3 is 0 Å². The molecule has 0 N–H and O–H groups in total. The monoisotopic (exact) mass is 472 g/mol. The molecule has 0 aliphatic rings. The smallest absolute Gasteiger partial charge is 0.00313 e. The second kappa shape index (κ2) is 26.5. The Morgan fingerprint density at radius 3 is 0.966 bits per heavy atom. The van der Waals surface area contributed by atoms with Crippen molar-refractivity contribution in [3.05, 3.63) is 0 Å². The average molecular weight is 474 g/mol. The lowest BCUT2D eigenvalue weighted by atomic mass is 9.89. The molecule has 0 aromatic carbocycles. The zero-order valence-corrected chi connectivity index (χ0v) is 22.2. The molecule has 0 heterocycles.